The lowest BCUT2D eigenvalue weighted by molar-refractivity contribution is 0.637. The number of aryl methyl sites for hydroxylation is 1. The van der Waals surface area contributed by atoms with Crippen molar-refractivity contribution in [2.45, 2.75) is 32.2 Å². The number of fused-ring (bicyclic) bond motifs is 1. The highest BCUT2D eigenvalue weighted by atomic mass is 35.5. The minimum Gasteiger partial charge on any atom is -0.320 e. The van der Waals surface area contributed by atoms with Gasteiger partial charge >= 0.3 is 0 Å². The van der Waals surface area contributed by atoms with Gasteiger partial charge in [-0.3, -0.25) is 0 Å². The van der Waals surface area contributed by atoms with Crippen molar-refractivity contribution in [1.29, 1.82) is 0 Å². The van der Waals surface area contributed by atoms with Gasteiger partial charge in [0.05, 0.1) is 17.4 Å². The predicted octanol–water partition coefficient (Wildman–Crippen LogP) is 4.54. The van der Waals surface area contributed by atoms with Crippen molar-refractivity contribution in [3.8, 4) is 0 Å². The van der Waals surface area contributed by atoms with E-state index in [4.69, 9.17) is 11.6 Å². The smallest absolute Gasteiger partial charge is 0.151 e. The normalized spacial score (nSPS) is 13.0. The molecule has 1 atom stereocenters. The number of nitrogens with zero attached hydrogens (tertiary/aromatic N) is 3. The van der Waals surface area contributed by atoms with Crippen LogP contribution in [-0.4, -0.2) is 14.5 Å². The second kappa shape index (κ2) is 5.73. The standard InChI is InChI=1S/C15H15ClFN3S/c1-3-10-7-18-13(21-10)8-20-12-6-4-5-11(17)14(12)19-15(20)9(2)16/h4-7,9H,3,8H2,1-2H3. The van der Waals surface area contributed by atoms with Gasteiger partial charge in [-0.05, 0) is 25.5 Å². The Morgan fingerprint density at radius 3 is 2.90 bits per heavy atom. The molecule has 0 amide bonds. The van der Waals surface area contributed by atoms with Crippen molar-refractivity contribution in [1.82, 2.24) is 14.5 Å². The van der Waals surface area contributed by atoms with E-state index in [0.29, 0.717) is 17.9 Å². The molecule has 1 unspecified atom stereocenters. The van der Waals surface area contributed by atoms with E-state index in [-0.39, 0.29) is 11.2 Å². The van der Waals surface area contributed by atoms with Gasteiger partial charge in [-0.1, -0.05) is 13.0 Å². The van der Waals surface area contributed by atoms with Crippen molar-refractivity contribution < 1.29 is 4.39 Å². The fourth-order valence-electron chi connectivity index (χ4n) is 2.32. The fourth-order valence-corrected chi connectivity index (χ4v) is 3.34. The summed E-state index contributed by atoms with van der Waals surface area (Å²) < 4.78 is 15.9. The van der Waals surface area contributed by atoms with Crippen LogP contribution in [0, 0.1) is 5.82 Å². The first-order valence-electron chi connectivity index (χ1n) is 6.82. The molecule has 110 valence electrons. The summed E-state index contributed by atoms with van der Waals surface area (Å²) in [4.78, 5) is 10.0. The lowest BCUT2D eigenvalue weighted by atomic mass is 10.3. The van der Waals surface area contributed by atoms with Crippen LogP contribution in [0.15, 0.2) is 24.4 Å². The SMILES string of the molecule is CCc1cnc(Cn2c(C(C)Cl)nc3c(F)cccc32)s1. The molecule has 2 aromatic heterocycles. The van der Waals surface area contributed by atoms with Crippen molar-refractivity contribution >= 4 is 34.0 Å². The van der Waals surface area contributed by atoms with Gasteiger partial charge < -0.3 is 4.57 Å². The summed E-state index contributed by atoms with van der Waals surface area (Å²) >= 11 is 7.88. The Hall–Kier alpha value is -1.46. The van der Waals surface area contributed by atoms with Gasteiger partial charge in [0, 0.05) is 11.1 Å². The molecule has 3 nitrogen and oxygen atoms in total. The number of rotatable bonds is 4. The highest BCUT2D eigenvalue weighted by molar-refractivity contribution is 7.11. The van der Waals surface area contributed by atoms with Crippen molar-refractivity contribution in [3.05, 3.63) is 45.9 Å². The predicted molar refractivity (Wildman–Crippen MR) is 84.6 cm³/mol. The number of benzene rings is 1. The molecular weight excluding hydrogens is 309 g/mol. The van der Waals surface area contributed by atoms with Crippen LogP contribution in [0.5, 0.6) is 0 Å². The number of aromatic nitrogens is 3. The third-order valence-corrected chi connectivity index (χ3v) is 4.68. The maximum absolute atomic E-state index is 13.9. The first kappa shape index (κ1) is 14.5. The van der Waals surface area contributed by atoms with Crippen LogP contribution < -0.4 is 0 Å². The van der Waals surface area contributed by atoms with Crippen LogP contribution in [-0.2, 0) is 13.0 Å². The molecule has 3 rings (SSSR count). The minimum atomic E-state index is -0.321. The summed E-state index contributed by atoms with van der Waals surface area (Å²) in [7, 11) is 0. The topological polar surface area (TPSA) is 30.7 Å². The average molecular weight is 324 g/mol. The maximum Gasteiger partial charge on any atom is 0.151 e. The molecule has 21 heavy (non-hydrogen) atoms. The Morgan fingerprint density at radius 1 is 1.43 bits per heavy atom. The second-order valence-electron chi connectivity index (χ2n) is 4.85. The third kappa shape index (κ3) is 2.68. The van der Waals surface area contributed by atoms with Gasteiger partial charge in [-0.2, -0.15) is 0 Å². The van der Waals surface area contributed by atoms with Gasteiger partial charge in [0.1, 0.15) is 16.3 Å². The van der Waals surface area contributed by atoms with E-state index >= 15 is 0 Å². The zero-order valence-electron chi connectivity index (χ0n) is 11.8. The number of imidazole rings is 1. The molecule has 2 heterocycles. The third-order valence-electron chi connectivity index (χ3n) is 3.36. The molecule has 1 aromatic carbocycles. The first-order chi connectivity index (χ1) is 10.1. The van der Waals surface area contributed by atoms with E-state index in [9.17, 15) is 4.39 Å². The summed E-state index contributed by atoms with van der Waals surface area (Å²) in [5, 5.41) is 0.691. The molecule has 0 N–H and O–H groups in total. The Morgan fingerprint density at radius 2 is 2.24 bits per heavy atom. The van der Waals surface area contributed by atoms with Crippen LogP contribution in [0.1, 0.15) is 34.9 Å². The zero-order valence-corrected chi connectivity index (χ0v) is 13.4. The van der Waals surface area contributed by atoms with E-state index in [1.807, 2.05) is 23.8 Å². The van der Waals surface area contributed by atoms with Crippen LogP contribution in [0.3, 0.4) is 0 Å². The van der Waals surface area contributed by atoms with E-state index in [1.165, 1.54) is 10.9 Å². The molecule has 0 spiro atoms. The van der Waals surface area contributed by atoms with Gasteiger partial charge in [0.15, 0.2) is 5.82 Å². The molecule has 0 aliphatic heterocycles. The summed E-state index contributed by atoms with van der Waals surface area (Å²) in [5.41, 5.74) is 1.12. The minimum absolute atomic E-state index is 0.289. The molecule has 6 heteroatoms. The Kier molecular flexibility index (Phi) is 3.95. The summed E-state index contributed by atoms with van der Waals surface area (Å²) in [5.74, 6) is 0.350. The fraction of sp³-hybridized carbons (Fsp3) is 0.333. The molecule has 0 bridgehead atoms. The molecule has 0 fully saturated rings. The number of halogens is 2. The molecule has 0 saturated carbocycles. The number of alkyl halides is 1. The summed E-state index contributed by atoms with van der Waals surface area (Å²) in [6.07, 6.45) is 2.86. The summed E-state index contributed by atoms with van der Waals surface area (Å²) in [6.45, 7) is 4.51. The van der Waals surface area contributed by atoms with Crippen molar-refractivity contribution in [3.63, 3.8) is 0 Å². The molecular formula is C15H15ClFN3S. The number of thiazole rings is 1. The van der Waals surface area contributed by atoms with Crippen LogP contribution in [0.4, 0.5) is 4.39 Å². The van der Waals surface area contributed by atoms with E-state index in [2.05, 4.69) is 16.9 Å². The van der Waals surface area contributed by atoms with Crippen LogP contribution in [0.25, 0.3) is 11.0 Å². The first-order valence-corrected chi connectivity index (χ1v) is 8.07. The Labute approximate surface area is 131 Å². The van der Waals surface area contributed by atoms with Gasteiger partial charge in [0.25, 0.3) is 0 Å². The molecule has 0 aliphatic rings. The second-order valence-corrected chi connectivity index (χ2v) is 6.71. The molecule has 0 saturated heterocycles. The van der Waals surface area contributed by atoms with E-state index in [0.717, 1.165) is 16.9 Å². The lowest BCUT2D eigenvalue weighted by Crippen LogP contribution is -2.05. The number of hydrogen-bond donors (Lipinski definition) is 0. The quantitative estimate of drug-likeness (QED) is 0.660. The molecule has 0 aliphatic carbocycles. The number of hydrogen-bond acceptors (Lipinski definition) is 3. The van der Waals surface area contributed by atoms with E-state index in [1.54, 1.807) is 17.4 Å². The van der Waals surface area contributed by atoms with Crippen LogP contribution >= 0.6 is 22.9 Å². The van der Waals surface area contributed by atoms with E-state index < -0.39 is 0 Å². The maximum atomic E-state index is 13.9. The van der Waals surface area contributed by atoms with Gasteiger partial charge in [-0.15, -0.1) is 22.9 Å². The Bertz CT molecular complexity index is 778. The highest BCUT2D eigenvalue weighted by Crippen LogP contribution is 2.27. The largest absolute Gasteiger partial charge is 0.320 e. The van der Waals surface area contributed by atoms with Gasteiger partial charge in [0.2, 0.25) is 0 Å². The average Bonchev–Trinajstić information content (AvgIpc) is 3.05. The zero-order chi connectivity index (χ0) is 15.0. The number of para-hydroxylation sites is 1. The summed E-state index contributed by atoms with van der Waals surface area (Å²) in [6, 6.07) is 4.97. The lowest BCUT2D eigenvalue weighted by Gasteiger charge is -2.08. The van der Waals surface area contributed by atoms with Gasteiger partial charge in [-0.25, -0.2) is 14.4 Å². The van der Waals surface area contributed by atoms with Crippen LogP contribution in [0.2, 0.25) is 0 Å². The molecule has 3 aromatic rings. The highest BCUT2D eigenvalue weighted by Gasteiger charge is 2.18. The Balaban J connectivity index is 2.11. The van der Waals surface area contributed by atoms with Crippen molar-refractivity contribution in [2.75, 3.05) is 0 Å². The van der Waals surface area contributed by atoms with Crippen molar-refractivity contribution in [2.24, 2.45) is 0 Å². The monoisotopic (exact) mass is 323 g/mol. The molecule has 0 radical (unpaired) electrons.